The lowest BCUT2D eigenvalue weighted by Crippen LogP contribution is -2.30. The molecule has 0 spiro atoms. The van der Waals surface area contributed by atoms with Gasteiger partial charge in [-0.2, -0.15) is 5.10 Å². The third-order valence-electron chi connectivity index (χ3n) is 3.19. The van der Waals surface area contributed by atoms with Gasteiger partial charge in [0.05, 0.1) is 11.8 Å². The summed E-state index contributed by atoms with van der Waals surface area (Å²) in [6, 6.07) is 2.00. The average Bonchev–Trinajstić information content (AvgIpc) is 2.73. The van der Waals surface area contributed by atoms with Crippen molar-refractivity contribution in [2.24, 2.45) is 18.7 Å². The van der Waals surface area contributed by atoms with Gasteiger partial charge in [-0.25, -0.2) is 0 Å². The van der Waals surface area contributed by atoms with Crippen LogP contribution in [0.3, 0.4) is 0 Å². The predicted molar refractivity (Wildman–Crippen MR) is 53.5 cm³/mol. The van der Waals surface area contributed by atoms with Crippen LogP contribution in [0.4, 0.5) is 0 Å². The molecule has 4 nitrogen and oxygen atoms in total. The molecule has 1 saturated carbocycles. The molecule has 78 valence electrons. The van der Waals surface area contributed by atoms with E-state index >= 15 is 0 Å². The van der Waals surface area contributed by atoms with E-state index in [1.807, 2.05) is 13.1 Å². The minimum absolute atomic E-state index is 0.139. The van der Waals surface area contributed by atoms with Crippen molar-refractivity contribution in [3.63, 3.8) is 0 Å². The van der Waals surface area contributed by atoms with Crippen LogP contribution in [-0.2, 0) is 7.05 Å². The van der Waals surface area contributed by atoms with Crippen LogP contribution >= 0.6 is 0 Å². The molecule has 0 aliphatic heterocycles. The number of aromatic nitrogens is 2. The molecule has 4 heteroatoms. The summed E-state index contributed by atoms with van der Waals surface area (Å²) in [5, 5.41) is 14.2. The molecule has 0 saturated heterocycles. The molecule has 1 aromatic rings. The van der Waals surface area contributed by atoms with E-state index in [0.717, 1.165) is 25.0 Å². The van der Waals surface area contributed by atoms with Gasteiger partial charge in [0.15, 0.2) is 0 Å². The molecule has 1 aromatic heterocycles. The van der Waals surface area contributed by atoms with Gasteiger partial charge in [-0.3, -0.25) is 4.68 Å². The predicted octanol–water partition coefficient (Wildman–Crippen LogP) is 0.581. The van der Waals surface area contributed by atoms with Crippen LogP contribution in [0.2, 0.25) is 0 Å². The van der Waals surface area contributed by atoms with Crippen molar-refractivity contribution >= 4 is 0 Å². The summed E-state index contributed by atoms with van der Waals surface area (Å²) < 4.78 is 1.72. The second kappa shape index (κ2) is 3.71. The van der Waals surface area contributed by atoms with Crippen LogP contribution in [-0.4, -0.2) is 20.9 Å². The van der Waals surface area contributed by atoms with E-state index in [1.165, 1.54) is 0 Å². The molecule has 0 aromatic carbocycles. The number of aliphatic hydroxyl groups excluding tert-OH is 1. The molecule has 14 heavy (non-hydrogen) atoms. The summed E-state index contributed by atoms with van der Waals surface area (Å²) in [4.78, 5) is 0. The van der Waals surface area contributed by atoms with E-state index in [9.17, 15) is 5.11 Å². The number of nitrogens with zero attached hydrogens (tertiary/aromatic N) is 2. The van der Waals surface area contributed by atoms with Crippen molar-refractivity contribution in [2.75, 3.05) is 0 Å². The van der Waals surface area contributed by atoms with Crippen LogP contribution in [0.25, 0.3) is 0 Å². The normalized spacial score (nSPS) is 29.4. The highest BCUT2D eigenvalue weighted by Gasteiger charge is 2.32. The van der Waals surface area contributed by atoms with Gasteiger partial charge < -0.3 is 10.8 Å². The summed E-state index contributed by atoms with van der Waals surface area (Å²) in [7, 11) is 1.85. The highest BCUT2D eigenvalue weighted by atomic mass is 16.3. The van der Waals surface area contributed by atoms with Gasteiger partial charge in [0.2, 0.25) is 0 Å². The molecule has 0 radical (unpaired) electrons. The Bertz CT molecular complexity index is 310. The highest BCUT2D eigenvalue weighted by molar-refractivity contribution is 5.07. The fourth-order valence-corrected chi connectivity index (χ4v) is 2.30. The first-order chi connectivity index (χ1) is 6.70. The summed E-state index contributed by atoms with van der Waals surface area (Å²) in [5.74, 6) is 0.199. The van der Waals surface area contributed by atoms with E-state index in [2.05, 4.69) is 5.10 Å². The topological polar surface area (TPSA) is 64.1 Å². The molecular weight excluding hydrogens is 178 g/mol. The summed E-state index contributed by atoms with van der Waals surface area (Å²) in [6.07, 6.45) is 4.42. The van der Waals surface area contributed by atoms with Gasteiger partial charge >= 0.3 is 0 Å². The molecule has 3 N–H and O–H groups in total. The second-order valence-corrected chi connectivity index (χ2v) is 4.08. The van der Waals surface area contributed by atoms with Crippen LogP contribution in [0.15, 0.2) is 12.3 Å². The van der Waals surface area contributed by atoms with Crippen molar-refractivity contribution < 1.29 is 5.11 Å². The lowest BCUT2D eigenvalue weighted by molar-refractivity contribution is 0.0951. The largest absolute Gasteiger partial charge is 0.386 e. The van der Waals surface area contributed by atoms with E-state index < -0.39 is 6.10 Å². The van der Waals surface area contributed by atoms with Crippen molar-refractivity contribution in [3.05, 3.63) is 18.0 Å². The Morgan fingerprint density at radius 2 is 2.43 bits per heavy atom. The van der Waals surface area contributed by atoms with E-state index in [-0.39, 0.29) is 12.0 Å². The third-order valence-corrected chi connectivity index (χ3v) is 3.19. The van der Waals surface area contributed by atoms with Crippen molar-refractivity contribution in [1.82, 2.24) is 9.78 Å². The zero-order valence-corrected chi connectivity index (χ0v) is 8.43. The van der Waals surface area contributed by atoms with Crippen LogP contribution in [0, 0.1) is 5.92 Å². The first-order valence-corrected chi connectivity index (χ1v) is 5.11. The van der Waals surface area contributed by atoms with Crippen molar-refractivity contribution in [1.29, 1.82) is 0 Å². The molecular formula is C10H17N3O. The maximum atomic E-state index is 10.1. The van der Waals surface area contributed by atoms with Crippen LogP contribution < -0.4 is 5.73 Å². The van der Waals surface area contributed by atoms with Crippen LogP contribution in [0.5, 0.6) is 0 Å². The van der Waals surface area contributed by atoms with Gasteiger partial charge in [-0.15, -0.1) is 0 Å². The lowest BCUT2D eigenvalue weighted by atomic mass is 9.95. The molecule has 0 bridgehead atoms. The first-order valence-electron chi connectivity index (χ1n) is 5.11. The first kappa shape index (κ1) is 9.68. The van der Waals surface area contributed by atoms with Gasteiger partial charge in [0.1, 0.15) is 0 Å². The molecule has 3 atom stereocenters. The highest BCUT2D eigenvalue weighted by Crippen LogP contribution is 2.34. The summed E-state index contributed by atoms with van der Waals surface area (Å²) in [6.45, 7) is 0. The minimum Gasteiger partial charge on any atom is -0.386 e. The Hall–Kier alpha value is -0.870. The Morgan fingerprint density at radius 3 is 2.93 bits per heavy atom. The molecule has 1 unspecified atom stereocenters. The second-order valence-electron chi connectivity index (χ2n) is 4.08. The van der Waals surface area contributed by atoms with Gasteiger partial charge in [0.25, 0.3) is 0 Å². The lowest BCUT2D eigenvalue weighted by Gasteiger charge is -2.21. The zero-order valence-electron chi connectivity index (χ0n) is 8.43. The van der Waals surface area contributed by atoms with Crippen molar-refractivity contribution in [2.45, 2.75) is 31.4 Å². The Morgan fingerprint density at radius 1 is 1.64 bits per heavy atom. The third kappa shape index (κ3) is 1.55. The molecule has 1 aliphatic rings. The Balaban J connectivity index is 2.15. The molecule has 1 aliphatic carbocycles. The van der Waals surface area contributed by atoms with E-state index in [1.54, 1.807) is 10.9 Å². The maximum absolute atomic E-state index is 10.1. The summed E-state index contributed by atoms with van der Waals surface area (Å²) >= 11 is 0. The van der Waals surface area contributed by atoms with Gasteiger partial charge in [-0.05, 0) is 18.9 Å². The molecule has 1 heterocycles. The number of hydrogen-bond acceptors (Lipinski definition) is 3. The number of hydrogen-bond donors (Lipinski definition) is 2. The average molecular weight is 195 g/mol. The molecule has 2 rings (SSSR count). The van der Waals surface area contributed by atoms with E-state index in [4.69, 9.17) is 5.73 Å². The SMILES string of the molecule is Cn1nccc1C(O)[C@@H]1CCC[C@@H]1N. The van der Waals surface area contributed by atoms with Crippen molar-refractivity contribution in [3.8, 4) is 0 Å². The number of aliphatic hydroxyl groups is 1. The monoisotopic (exact) mass is 195 g/mol. The maximum Gasteiger partial charge on any atom is 0.0999 e. The van der Waals surface area contributed by atoms with E-state index in [0.29, 0.717) is 0 Å². The quantitative estimate of drug-likeness (QED) is 0.725. The number of nitrogens with two attached hydrogens (primary N) is 1. The Kier molecular flexibility index (Phi) is 2.56. The fraction of sp³-hybridized carbons (Fsp3) is 0.700. The number of rotatable bonds is 2. The Labute approximate surface area is 83.7 Å². The van der Waals surface area contributed by atoms with Crippen LogP contribution in [0.1, 0.15) is 31.1 Å². The fourth-order valence-electron chi connectivity index (χ4n) is 2.30. The summed E-state index contributed by atoms with van der Waals surface area (Å²) in [5.41, 5.74) is 6.81. The van der Waals surface area contributed by atoms with Gasteiger partial charge in [0, 0.05) is 25.2 Å². The zero-order chi connectivity index (χ0) is 10.1. The van der Waals surface area contributed by atoms with Gasteiger partial charge in [-0.1, -0.05) is 6.42 Å². The minimum atomic E-state index is -0.458. The standard InChI is InChI=1S/C10H17N3O/c1-13-9(5-6-12-13)10(14)7-3-2-4-8(7)11/h5-8,10,14H,2-4,11H2,1H3/t7-,8+,10?/m1/s1. The molecule has 1 fully saturated rings. The number of aryl methyl sites for hydroxylation is 1. The molecule has 0 amide bonds. The smallest absolute Gasteiger partial charge is 0.0999 e.